The van der Waals surface area contributed by atoms with Crippen molar-refractivity contribution in [1.82, 2.24) is 15.4 Å². The lowest BCUT2D eigenvalue weighted by Gasteiger charge is -2.11. The van der Waals surface area contributed by atoms with E-state index in [1.165, 1.54) is 4.88 Å². The second kappa shape index (κ2) is 12.1. The van der Waals surface area contributed by atoms with Crippen molar-refractivity contribution in [3.8, 4) is 0 Å². The summed E-state index contributed by atoms with van der Waals surface area (Å²) in [6, 6.07) is 4.06. The minimum Gasteiger partial charge on any atom is -0.357 e. The molecule has 1 aromatic heterocycles. The van der Waals surface area contributed by atoms with E-state index in [1.54, 1.807) is 18.3 Å². The van der Waals surface area contributed by atoms with Gasteiger partial charge in [-0.05, 0) is 31.7 Å². The maximum atomic E-state index is 11.3. The molecule has 0 saturated heterocycles. The first-order valence-electron chi connectivity index (χ1n) is 7.09. The first kappa shape index (κ1) is 21.6. The van der Waals surface area contributed by atoms with E-state index in [-0.39, 0.29) is 29.7 Å². The lowest BCUT2D eigenvalue weighted by atomic mass is 10.4. The Kier molecular flexibility index (Phi) is 11.9. The molecule has 0 spiro atoms. The number of halogens is 1. The van der Waals surface area contributed by atoms with Gasteiger partial charge in [-0.15, -0.1) is 35.3 Å². The van der Waals surface area contributed by atoms with E-state index in [2.05, 4.69) is 26.4 Å². The predicted octanol–water partition coefficient (Wildman–Crippen LogP) is 1.75. The topological polar surface area (TPSA) is 82.6 Å². The Morgan fingerprint density at radius 2 is 2.05 bits per heavy atom. The average molecular weight is 460 g/mol. The van der Waals surface area contributed by atoms with Gasteiger partial charge in [-0.25, -0.2) is 18.1 Å². The van der Waals surface area contributed by atoms with E-state index in [1.807, 2.05) is 18.4 Å². The number of aliphatic imine (C=N–C) groups is 1. The number of nitrogens with zero attached hydrogens (tertiary/aromatic N) is 1. The van der Waals surface area contributed by atoms with Gasteiger partial charge in [-0.3, -0.25) is 0 Å². The average Bonchev–Trinajstić information content (AvgIpc) is 2.97. The Morgan fingerprint density at radius 3 is 2.64 bits per heavy atom. The van der Waals surface area contributed by atoms with Crippen molar-refractivity contribution in [3.63, 3.8) is 0 Å². The maximum Gasteiger partial charge on any atom is 0.211 e. The molecule has 0 atom stereocenters. The third-order valence-corrected chi connectivity index (χ3v) is 4.93. The molecule has 0 bridgehead atoms. The van der Waals surface area contributed by atoms with Gasteiger partial charge >= 0.3 is 0 Å². The Balaban J connectivity index is 0.00000441. The fourth-order valence-electron chi connectivity index (χ4n) is 1.53. The van der Waals surface area contributed by atoms with Gasteiger partial charge in [-0.2, -0.15) is 0 Å². The maximum absolute atomic E-state index is 11.3. The summed E-state index contributed by atoms with van der Waals surface area (Å²) in [5.41, 5.74) is 0. The zero-order valence-electron chi connectivity index (χ0n) is 13.0. The van der Waals surface area contributed by atoms with Crippen LogP contribution < -0.4 is 15.4 Å². The molecule has 128 valence electrons. The Hall–Kier alpha value is -0.390. The molecule has 1 heterocycles. The van der Waals surface area contributed by atoms with E-state index in [0.717, 1.165) is 12.5 Å². The summed E-state index contributed by atoms with van der Waals surface area (Å²) in [5, 5.41) is 8.40. The SMILES string of the molecule is CCNC(=NCc1cccs1)NCCCNS(=O)(=O)CC.I. The molecule has 0 aliphatic carbocycles. The molecule has 1 rings (SSSR count). The summed E-state index contributed by atoms with van der Waals surface area (Å²) < 4.78 is 25.1. The molecular formula is C13H25IN4O2S2. The van der Waals surface area contributed by atoms with E-state index in [0.29, 0.717) is 26.1 Å². The van der Waals surface area contributed by atoms with E-state index >= 15 is 0 Å². The molecule has 0 aliphatic heterocycles. The molecule has 6 nitrogen and oxygen atoms in total. The van der Waals surface area contributed by atoms with Gasteiger partial charge < -0.3 is 10.6 Å². The summed E-state index contributed by atoms with van der Waals surface area (Å²) in [4.78, 5) is 5.70. The molecule has 0 fully saturated rings. The van der Waals surface area contributed by atoms with Crippen molar-refractivity contribution in [2.24, 2.45) is 4.99 Å². The van der Waals surface area contributed by atoms with Crippen molar-refractivity contribution in [2.75, 3.05) is 25.4 Å². The van der Waals surface area contributed by atoms with Crippen LogP contribution >= 0.6 is 35.3 Å². The van der Waals surface area contributed by atoms with Gasteiger partial charge in [0.05, 0.1) is 12.3 Å². The highest BCUT2D eigenvalue weighted by Crippen LogP contribution is 2.09. The molecule has 0 saturated carbocycles. The van der Waals surface area contributed by atoms with Crippen LogP contribution in [0.15, 0.2) is 22.5 Å². The van der Waals surface area contributed by atoms with Crippen LogP contribution in [-0.2, 0) is 16.6 Å². The Bertz CT molecular complexity index is 518. The van der Waals surface area contributed by atoms with Crippen LogP contribution in [0.1, 0.15) is 25.1 Å². The number of guanidine groups is 1. The van der Waals surface area contributed by atoms with Crippen LogP contribution in [0.2, 0.25) is 0 Å². The summed E-state index contributed by atoms with van der Waals surface area (Å²) in [7, 11) is -3.09. The smallest absolute Gasteiger partial charge is 0.211 e. The van der Waals surface area contributed by atoms with Gasteiger partial charge in [0.25, 0.3) is 0 Å². The molecule has 1 aromatic rings. The van der Waals surface area contributed by atoms with Crippen molar-refractivity contribution < 1.29 is 8.42 Å². The van der Waals surface area contributed by atoms with Crippen LogP contribution in [0.4, 0.5) is 0 Å². The molecular weight excluding hydrogens is 435 g/mol. The summed E-state index contributed by atoms with van der Waals surface area (Å²) in [5.74, 6) is 0.870. The van der Waals surface area contributed by atoms with Crippen LogP contribution in [0.25, 0.3) is 0 Å². The van der Waals surface area contributed by atoms with Gasteiger partial charge in [-0.1, -0.05) is 6.07 Å². The molecule has 0 radical (unpaired) electrons. The number of nitrogens with one attached hydrogen (secondary N) is 3. The zero-order chi connectivity index (χ0) is 15.6. The van der Waals surface area contributed by atoms with Gasteiger partial charge in [0.15, 0.2) is 5.96 Å². The number of thiophene rings is 1. The van der Waals surface area contributed by atoms with Gasteiger partial charge in [0, 0.05) is 24.5 Å². The minimum absolute atomic E-state index is 0. The van der Waals surface area contributed by atoms with Crippen molar-refractivity contribution in [1.29, 1.82) is 0 Å². The second-order valence-corrected chi connectivity index (χ2v) is 7.48. The second-order valence-electron chi connectivity index (χ2n) is 4.35. The van der Waals surface area contributed by atoms with Gasteiger partial charge in [0.2, 0.25) is 10.0 Å². The van der Waals surface area contributed by atoms with Crippen LogP contribution in [0.3, 0.4) is 0 Å². The van der Waals surface area contributed by atoms with E-state index in [9.17, 15) is 8.42 Å². The normalized spacial score (nSPS) is 11.8. The highest BCUT2D eigenvalue weighted by atomic mass is 127. The number of sulfonamides is 1. The highest BCUT2D eigenvalue weighted by Gasteiger charge is 2.04. The first-order valence-corrected chi connectivity index (χ1v) is 9.62. The molecule has 0 aromatic carbocycles. The summed E-state index contributed by atoms with van der Waals surface area (Å²) in [6.07, 6.45) is 0.711. The molecule has 0 aliphatic rings. The number of rotatable bonds is 9. The van der Waals surface area contributed by atoms with Crippen LogP contribution in [0.5, 0.6) is 0 Å². The van der Waals surface area contributed by atoms with E-state index < -0.39 is 10.0 Å². The number of hydrogen-bond acceptors (Lipinski definition) is 4. The Labute approximate surface area is 154 Å². The van der Waals surface area contributed by atoms with Crippen molar-refractivity contribution in [3.05, 3.63) is 22.4 Å². The largest absolute Gasteiger partial charge is 0.357 e. The third-order valence-electron chi connectivity index (χ3n) is 2.67. The quantitative estimate of drug-likeness (QED) is 0.227. The lowest BCUT2D eigenvalue weighted by Crippen LogP contribution is -2.38. The number of hydrogen-bond donors (Lipinski definition) is 3. The minimum atomic E-state index is -3.09. The third kappa shape index (κ3) is 9.59. The van der Waals surface area contributed by atoms with Crippen LogP contribution in [0, 0.1) is 0 Å². The molecule has 3 N–H and O–H groups in total. The molecule has 0 unspecified atom stereocenters. The summed E-state index contributed by atoms with van der Waals surface area (Å²) in [6.45, 7) is 6.18. The molecule has 9 heteroatoms. The van der Waals surface area contributed by atoms with Crippen LogP contribution in [-0.4, -0.2) is 39.8 Å². The summed E-state index contributed by atoms with van der Waals surface area (Å²) >= 11 is 1.68. The zero-order valence-corrected chi connectivity index (χ0v) is 16.9. The van der Waals surface area contributed by atoms with Crippen molar-refractivity contribution in [2.45, 2.75) is 26.8 Å². The molecule has 22 heavy (non-hydrogen) atoms. The highest BCUT2D eigenvalue weighted by molar-refractivity contribution is 14.0. The standard InChI is InChI=1S/C13H24N4O2S2.HI/c1-3-14-13(16-11-12-7-5-10-20-12)15-8-6-9-17-21(18,19)4-2;/h5,7,10,17H,3-4,6,8-9,11H2,1-2H3,(H2,14,15,16);1H. The Morgan fingerprint density at radius 1 is 1.27 bits per heavy atom. The lowest BCUT2D eigenvalue weighted by molar-refractivity contribution is 0.579. The van der Waals surface area contributed by atoms with E-state index in [4.69, 9.17) is 0 Å². The first-order chi connectivity index (χ1) is 10.1. The predicted molar refractivity (Wildman–Crippen MR) is 105 cm³/mol. The fraction of sp³-hybridized carbons (Fsp3) is 0.615. The molecule has 0 amide bonds. The monoisotopic (exact) mass is 460 g/mol. The van der Waals surface area contributed by atoms with Crippen molar-refractivity contribution >= 4 is 51.3 Å². The van der Waals surface area contributed by atoms with Gasteiger partial charge in [0.1, 0.15) is 0 Å². The fourth-order valence-corrected chi connectivity index (χ4v) is 2.81.